The molecule has 0 saturated heterocycles. The van der Waals surface area contributed by atoms with Crippen LogP contribution in [0.3, 0.4) is 0 Å². The Labute approximate surface area is 213 Å². The molecule has 1 N–H and O–H groups in total. The molecule has 0 unspecified atom stereocenters. The van der Waals surface area contributed by atoms with Crippen LogP contribution in [0, 0.1) is 5.82 Å². The van der Waals surface area contributed by atoms with Crippen molar-refractivity contribution in [1.82, 2.24) is 10.2 Å². The van der Waals surface area contributed by atoms with Crippen molar-refractivity contribution in [2.45, 2.75) is 52.1 Å². The first-order chi connectivity index (χ1) is 17.2. The van der Waals surface area contributed by atoms with Gasteiger partial charge in [0.05, 0.1) is 0 Å². The highest BCUT2D eigenvalue weighted by Crippen LogP contribution is 2.31. The minimum absolute atomic E-state index is 0.0512. The highest BCUT2D eigenvalue weighted by Gasteiger charge is 2.31. The van der Waals surface area contributed by atoms with Gasteiger partial charge in [-0.05, 0) is 35.6 Å². The molecule has 3 rings (SSSR count). The van der Waals surface area contributed by atoms with Gasteiger partial charge in [-0.3, -0.25) is 9.59 Å². The van der Waals surface area contributed by atoms with Crippen LogP contribution in [0.2, 0.25) is 0 Å². The highest BCUT2D eigenvalue weighted by atomic mass is 19.1. The minimum Gasteiger partial charge on any atom is -0.483 e. The molecule has 0 fully saturated rings. The summed E-state index contributed by atoms with van der Waals surface area (Å²) in [5, 5.41) is 2.84. The zero-order valence-electron chi connectivity index (χ0n) is 21.5. The Balaban J connectivity index is 1.93. The first kappa shape index (κ1) is 26.9. The van der Waals surface area contributed by atoms with Gasteiger partial charge in [0.1, 0.15) is 17.6 Å². The Morgan fingerprint density at radius 1 is 0.944 bits per heavy atom. The summed E-state index contributed by atoms with van der Waals surface area (Å²) >= 11 is 0. The molecule has 0 radical (unpaired) electrons. The van der Waals surface area contributed by atoms with Gasteiger partial charge in [-0.1, -0.05) is 87.5 Å². The van der Waals surface area contributed by atoms with Gasteiger partial charge < -0.3 is 15.0 Å². The van der Waals surface area contributed by atoms with Gasteiger partial charge in [0.2, 0.25) is 5.91 Å². The van der Waals surface area contributed by atoms with Crippen LogP contribution in [-0.4, -0.2) is 35.9 Å². The van der Waals surface area contributed by atoms with Crippen LogP contribution >= 0.6 is 0 Å². The number of nitrogens with one attached hydrogen (secondary N) is 1. The van der Waals surface area contributed by atoms with Gasteiger partial charge in [-0.25, -0.2) is 4.39 Å². The van der Waals surface area contributed by atoms with E-state index in [1.165, 1.54) is 11.0 Å². The molecule has 0 saturated carbocycles. The molecular weight excluding hydrogens is 455 g/mol. The zero-order chi connectivity index (χ0) is 26.1. The molecule has 0 aliphatic carbocycles. The van der Waals surface area contributed by atoms with E-state index in [0.717, 1.165) is 11.1 Å². The van der Waals surface area contributed by atoms with Crippen LogP contribution in [-0.2, 0) is 28.0 Å². The van der Waals surface area contributed by atoms with E-state index < -0.39 is 17.8 Å². The van der Waals surface area contributed by atoms with E-state index >= 15 is 0 Å². The molecule has 0 aliphatic rings. The maximum Gasteiger partial charge on any atom is 0.261 e. The van der Waals surface area contributed by atoms with Gasteiger partial charge in [0.25, 0.3) is 5.91 Å². The van der Waals surface area contributed by atoms with E-state index in [9.17, 15) is 14.0 Å². The lowest BCUT2D eigenvalue weighted by molar-refractivity contribution is -0.142. The van der Waals surface area contributed by atoms with Crippen molar-refractivity contribution < 1.29 is 18.7 Å². The van der Waals surface area contributed by atoms with E-state index in [0.29, 0.717) is 24.3 Å². The summed E-state index contributed by atoms with van der Waals surface area (Å²) in [6.45, 7) is 8.15. The summed E-state index contributed by atoms with van der Waals surface area (Å²) in [6.07, 6.45) is 0.297. The molecule has 6 heteroatoms. The minimum atomic E-state index is -0.832. The third kappa shape index (κ3) is 7.17. The van der Waals surface area contributed by atoms with Crippen molar-refractivity contribution >= 4 is 11.8 Å². The molecule has 190 valence electrons. The molecule has 0 bridgehead atoms. The maximum absolute atomic E-state index is 14.6. The molecule has 0 aliphatic heterocycles. The van der Waals surface area contributed by atoms with E-state index in [4.69, 9.17) is 4.74 Å². The van der Waals surface area contributed by atoms with Gasteiger partial charge in [0.15, 0.2) is 6.61 Å². The van der Waals surface area contributed by atoms with Crippen molar-refractivity contribution in [3.63, 3.8) is 0 Å². The van der Waals surface area contributed by atoms with E-state index in [-0.39, 0.29) is 24.5 Å². The van der Waals surface area contributed by atoms with Crippen molar-refractivity contribution in [3.05, 3.63) is 101 Å². The standard InChI is InChI=1S/C30H35FN2O3/c1-5-32-29(35)26(19-22-13-7-6-8-14-22)33(20-23-15-9-11-17-25(23)31)28(34)21-36-27-18-12-10-16-24(27)30(2,3)4/h6-18,26H,5,19-21H2,1-4H3,(H,32,35)/t26-/m1/s1. The van der Waals surface area contributed by atoms with E-state index in [1.807, 2.05) is 61.5 Å². The molecule has 2 amide bonds. The number of rotatable bonds is 10. The summed E-state index contributed by atoms with van der Waals surface area (Å²) in [5.41, 5.74) is 2.04. The highest BCUT2D eigenvalue weighted by molar-refractivity contribution is 5.88. The zero-order valence-corrected chi connectivity index (χ0v) is 21.5. The van der Waals surface area contributed by atoms with E-state index in [1.54, 1.807) is 18.2 Å². The molecule has 0 heterocycles. The van der Waals surface area contributed by atoms with Crippen molar-refractivity contribution in [2.24, 2.45) is 0 Å². The fourth-order valence-electron chi connectivity index (χ4n) is 4.09. The smallest absolute Gasteiger partial charge is 0.261 e. The second-order valence-electron chi connectivity index (χ2n) is 9.75. The molecule has 0 spiro atoms. The number of benzene rings is 3. The van der Waals surface area contributed by atoms with Crippen molar-refractivity contribution in [2.75, 3.05) is 13.2 Å². The number of hydrogen-bond acceptors (Lipinski definition) is 3. The molecule has 36 heavy (non-hydrogen) atoms. The fraction of sp³-hybridized carbons (Fsp3) is 0.333. The first-order valence-electron chi connectivity index (χ1n) is 12.3. The van der Waals surface area contributed by atoms with Crippen molar-refractivity contribution in [3.8, 4) is 5.75 Å². The maximum atomic E-state index is 14.6. The second kappa shape index (κ2) is 12.3. The van der Waals surface area contributed by atoms with E-state index in [2.05, 4.69) is 26.1 Å². The molecule has 3 aromatic rings. The lowest BCUT2D eigenvalue weighted by Crippen LogP contribution is -2.51. The second-order valence-corrected chi connectivity index (χ2v) is 9.75. The number of amides is 2. The summed E-state index contributed by atoms with van der Waals surface area (Å²) in [5.74, 6) is -0.499. The number of nitrogens with zero attached hydrogens (tertiary/aromatic N) is 1. The van der Waals surface area contributed by atoms with Crippen LogP contribution in [0.5, 0.6) is 5.75 Å². The monoisotopic (exact) mass is 490 g/mol. The number of para-hydroxylation sites is 1. The Kier molecular flexibility index (Phi) is 9.23. The summed E-state index contributed by atoms with van der Waals surface area (Å²) in [6, 6.07) is 22.6. The Hall–Kier alpha value is -3.67. The number of hydrogen-bond donors (Lipinski definition) is 1. The summed E-state index contributed by atoms with van der Waals surface area (Å²) < 4.78 is 20.6. The van der Waals surface area contributed by atoms with Crippen molar-refractivity contribution in [1.29, 1.82) is 0 Å². The largest absolute Gasteiger partial charge is 0.483 e. The molecule has 3 aromatic carbocycles. The average molecular weight is 491 g/mol. The van der Waals surface area contributed by atoms with Gasteiger partial charge >= 0.3 is 0 Å². The lowest BCUT2D eigenvalue weighted by atomic mass is 9.86. The quantitative estimate of drug-likeness (QED) is 0.421. The molecule has 0 aromatic heterocycles. The van der Waals surface area contributed by atoms with Gasteiger partial charge in [-0.15, -0.1) is 0 Å². The molecular formula is C30H35FN2O3. The summed E-state index contributed by atoms with van der Waals surface area (Å²) in [4.78, 5) is 28.2. The van der Waals surface area contributed by atoms with Crippen LogP contribution in [0.15, 0.2) is 78.9 Å². The number of ether oxygens (including phenoxy) is 1. The van der Waals surface area contributed by atoms with Crippen LogP contribution in [0.4, 0.5) is 4.39 Å². The van der Waals surface area contributed by atoms with Crippen LogP contribution in [0.25, 0.3) is 0 Å². The first-order valence-corrected chi connectivity index (χ1v) is 12.3. The lowest BCUT2D eigenvalue weighted by Gasteiger charge is -2.32. The van der Waals surface area contributed by atoms with Gasteiger partial charge in [0, 0.05) is 25.1 Å². The topological polar surface area (TPSA) is 58.6 Å². The normalized spacial score (nSPS) is 12.0. The Morgan fingerprint density at radius 2 is 1.58 bits per heavy atom. The number of carbonyl (C=O) groups excluding carboxylic acids is 2. The van der Waals surface area contributed by atoms with Crippen LogP contribution in [0.1, 0.15) is 44.4 Å². The average Bonchev–Trinajstić information content (AvgIpc) is 2.86. The number of halogens is 1. The Bertz CT molecular complexity index is 1160. The fourth-order valence-corrected chi connectivity index (χ4v) is 4.09. The third-order valence-corrected chi connectivity index (χ3v) is 5.97. The third-order valence-electron chi connectivity index (χ3n) is 5.97. The number of carbonyl (C=O) groups is 2. The number of likely N-dealkylation sites (N-methyl/N-ethyl adjacent to an activating group) is 1. The predicted octanol–water partition coefficient (Wildman–Crippen LogP) is 5.28. The van der Waals surface area contributed by atoms with Gasteiger partial charge in [-0.2, -0.15) is 0 Å². The van der Waals surface area contributed by atoms with Crippen LogP contribution < -0.4 is 10.1 Å². The summed E-state index contributed by atoms with van der Waals surface area (Å²) in [7, 11) is 0. The molecule has 1 atom stereocenters. The molecule has 5 nitrogen and oxygen atoms in total. The SMILES string of the molecule is CCNC(=O)[C@@H](Cc1ccccc1)N(Cc1ccccc1F)C(=O)COc1ccccc1C(C)(C)C. The predicted molar refractivity (Wildman–Crippen MR) is 140 cm³/mol. The Morgan fingerprint density at radius 3 is 2.25 bits per heavy atom.